The first-order valence-electron chi connectivity index (χ1n) is 5.57. The van der Waals surface area contributed by atoms with Gasteiger partial charge in [0.15, 0.2) is 0 Å². The fraction of sp³-hybridized carbons (Fsp3) is 0.500. The summed E-state index contributed by atoms with van der Waals surface area (Å²) < 4.78 is 4.87. The first-order valence-corrected chi connectivity index (χ1v) is 5.57. The van der Waals surface area contributed by atoms with E-state index in [0.717, 1.165) is 12.2 Å². The van der Waals surface area contributed by atoms with Gasteiger partial charge in [-0.05, 0) is 32.4 Å². The summed E-state index contributed by atoms with van der Waals surface area (Å²) in [6.07, 6.45) is 2.56. The summed E-state index contributed by atoms with van der Waals surface area (Å²) in [6, 6.07) is 3.88. The Labute approximate surface area is 96.0 Å². The van der Waals surface area contributed by atoms with Crippen molar-refractivity contribution in [1.82, 2.24) is 4.98 Å². The maximum atomic E-state index is 11.4. The smallest absolute Gasteiger partial charge is 0.339 e. The number of anilines is 1. The van der Waals surface area contributed by atoms with Crippen LogP contribution in [0.1, 0.15) is 37.6 Å². The van der Waals surface area contributed by atoms with Gasteiger partial charge in [0.1, 0.15) is 5.82 Å². The van der Waals surface area contributed by atoms with E-state index in [1.807, 2.05) is 0 Å². The molecule has 0 aliphatic heterocycles. The molecule has 4 nitrogen and oxygen atoms in total. The van der Waals surface area contributed by atoms with Gasteiger partial charge in [-0.1, -0.05) is 6.92 Å². The first kappa shape index (κ1) is 12.5. The largest absolute Gasteiger partial charge is 0.462 e. The zero-order chi connectivity index (χ0) is 12.0. The summed E-state index contributed by atoms with van der Waals surface area (Å²) in [5.41, 5.74) is 0.483. The normalized spacial score (nSPS) is 11.9. The molecule has 0 fully saturated rings. The van der Waals surface area contributed by atoms with Crippen molar-refractivity contribution in [1.29, 1.82) is 0 Å². The number of carbonyl (C=O) groups is 1. The minimum atomic E-state index is -0.329. The molecule has 0 aromatic carbocycles. The van der Waals surface area contributed by atoms with Gasteiger partial charge in [-0.15, -0.1) is 0 Å². The second-order valence-electron chi connectivity index (χ2n) is 3.61. The number of nitrogens with one attached hydrogen (secondary N) is 1. The van der Waals surface area contributed by atoms with Crippen LogP contribution in [0.4, 0.5) is 5.82 Å². The number of rotatable bonds is 5. The summed E-state index contributed by atoms with van der Waals surface area (Å²) in [4.78, 5) is 15.5. The van der Waals surface area contributed by atoms with Crippen LogP contribution in [0.15, 0.2) is 18.3 Å². The molecule has 16 heavy (non-hydrogen) atoms. The van der Waals surface area contributed by atoms with E-state index < -0.39 is 0 Å². The fourth-order valence-electron chi connectivity index (χ4n) is 1.17. The molecule has 1 heterocycles. The Kier molecular flexibility index (Phi) is 4.76. The van der Waals surface area contributed by atoms with Gasteiger partial charge in [-0.25, -0.2) is 9.78 Å². The Balaban J connectivity index is 2.64. The van der Waals surface area contributed by atoms with E-state index in [4.69, 9.17) is 4.74 Å². The minimum Gasteiger partial charge on any atom is -0.462 e. The van der Waals surface area contributed by atoms with Gasteiger partial charge in [0.25, 0.3) is 0 Å². The lowest BCUT2D eigenvalue weighted by Crippen LogP contribution is -2.14. The predicted octanol–water partition coefficient (Wildman–Crippen LogP) is 2.47. The van der Waals surface area contributed by atoms with Crippen molar-refractivity contribution < 1.29 is 9.53 Å². The van der Waals surface area contributed by atoms with E-state index in [1.165, 1.54) is 6.20 Å². The molecular formula is C12H18N2O2. The summed E-state index contributed by atoms with van der Waals surface area (Å²) >= 11 is 0. The number of nitrogens with zero attached hydrogens (tertiary/aromatic N) is 1. The molecule has 1 atom stereocenters. The van der Waals surface area contributed by atoms with Crippen LogP contribution < -0.4 is 5.32 Å². The van der Waals surface area contributed by atoms with Crippen LogP contribution in [-0.2, 0) is 4.74 Å². The maximum Gasteiger partial charge on any atom is 0.339 e. The van der Waals surface area contributed by atoms with Gasteiger partial charge in [0.2, 0.25) is 0 Å². The molecular weight excluding hydrogens is 204 g/mol. The third-order valence-corrected chi connectivity index (χ3v) is 2.28. The molecule has 0 aliphatic rings. The molecule has 0 bridgehead atoms. The summed E-state index contributed by atoms with van der Waals surface area (Å²) in [6.45, 7) is 6.35. The van der Waals surface area contributed by atoms with Gasteiger partial charge < -0.3 is 10.1 Å². The van der Waals surface area contributed by atoms with Gasteiger partial charge in [-0.3, -0.25) is 0 Å². The molecule has 0 spiro atoms. The highest BCUT2D eigenvalue weighted by molar-refractivity contribution is 5.89. The van der Waals surface area contributed by atoms with E-state index in [2.05, 4.69) is 24.1 Å². The van der Waals surface area contributed by atoms with Crippen molar-refractivity contribution in [2.45, 2.75) is 33.2 Å². The molecule has 0 aliphatic carbocycles. The van der Waals surface area contributed by atoms with Crippen LogP contribution in [0, 0.1) is 0 Å². The predicted molar refractivity (Wildman–Crippen MR) is 63.6 cm³/mol. The number of ether oxygens (including phenoxy) is 1. The Morgan fingerprint density at radius 3 is 2.75 bits per heavy atom. The van der Waals surface area contributed by atoms with Gasteiger partial charge in [0, 0.05) is 12.2 Å². The van der Waals surface area contributed by atoms with Gasteiger partial charge in [0.05, 0.1) is 12.2 Å². The zero-order valence-electron chi connectivity index (χ0n) is 9.99. The Bertz CT molecular complexity index is 335. The lowest BCUT2D eigenvalue weighted by atomic mass is 10.2. The lowest BCUT2D eigenvalue weighted by Gasteiger charge is -2.11. The number of pyridine rings is 1. The van der Waals surface area contributed by atoms with E-state index in [-0.39, 0.29) is 5.97 Å². The highest BCUT2D eigenvalue weighted by Crippen LogP contribution is 2.08. The Hall–Kier alpha value is -1.58. The van der Waals surface area contributed by atoms with Crippen LogP contribution in [0.3, 0.4) is 0 Å². The lowest BCUT2D eigenvalue weighted by molar-refractivity contribution is 0.0526. The van der Waals surface area contributed by atoms with Crippen molar-refractivity contribution in [2.24, 2.45) is 0 Å². The number of aromatic nitrogens is 1. The number of hydrogen-bond donors (Lipinski definition) is 1. The minimum absolute atomic E-state index is 0.329. The first-order chi connectivity index (χ1) is 7.67. The molecule has 0 saturated heterocycles. The zero-order valence-corrected chi connectivity index (χ0v) is 9.99. The average molecular weight is 222 g/mol. The third kappa shape index (κ3) is 3.53. The van der Waals surface area contributed by atoms with Crippen molar-refractivity contribution in [3.8, 4) is 0 Å². The highest BCUT2D eigenvalue weighted by Gasteiger charge is 2.07. The molecule has 0 amide bonds. The van der Waals surface area contributed by atoms with Crippen LogP contribution in [0.25, 0.3) is 0 Å². The van der Waals surface area contributed by atoms with E-state index in [9.17, 15) is 4.79 Å². The standard InChI is InChI=1S/C12H18N2O2/c1-4-9(3)14-11-7-6-10(8-13-11)12(15)16-5-2/h6-9H,4-5H2,1-3H3,(H,13,14). The van der Waals surface area contributed by atoms with Crippen LogP contribution in [0.5, 0.6) is 0 Å². The summed E-state index contributed by atoms with van der Waals surface area (Å²) in [5.74, 6) is 0.451. The van der Waals surface area contributed by atoms with E-state index in [1.54, 1.807) is 19.1 Å². The molecule has 1 aromatic heterocycles. The molecule has 1 aromatic rings. The number of carbonyl (C=O) groups excluding carboxylic acids is 1. The maximum absolute atomic E-state index is 11.4. The summed E-state index contributed by atoms with van der Waals surface area (Å²) in [7, 11) is 0. The monoisotopic (exact) mass is 222 g/mol. The Morgan fingerprint density at radius 1 is 1.50 bits per heavy atom. The second-order valence-corrected chi connectivity index (χ2v) is 3.61. The fourth-order valence-corrected chi connectivity index (χ4v) is 1.17. The Morgan fingerprint density at radius 2 is 2.25 bits per heavy atom. The van der Waals surface area contributed by atoms with Crippen LogP contribution in [-0.4, -0.2) is 23.6 Å². The van der Waals surface area contributed by atoms with Crippen LogP contribution in [0.2, 0.25) is 0 Å². The molecule has 88 valence electrons. The molecule has 1 rings (SSSR count). The molecule has 0 saturated carbocycles. The van der Waals surface area contributed by atoms with Crippen molar-refractivity contribution >= 4 is 11.8 Å². The highest BCUT2D eigenvalue weighted by atomic mass is 16.5. The third-order valence-electron chi connectivity index (χ3n) is 2.28. The van der Waals surface area contributed by atoms with E-state index in [0.29, 0.717) is 18.2 Å². The average Bonchev–Trinajstić information content (AvgIpc) is 2.30. The van der Waals surface area contributed by atoms with Gasteiger partial charge >= 0.3 is 5.97 Å². The number of hydrogen-bond acceptors (Lipinski definition) is 4. The second kappa shape index (κ2) is 6.10. The van der Waals surface area contributed by atoms with E-state index >= 15 is 0 Å². The van der Waals surface area contributed by atoms with Gasteiger partial charge in [-0.2, -0.15) is 0 Å². The van der Waals surface area contributed by atoms with Crippen molar-refractivity contribution in [2.75, 3.05) is 11.9 Å². The molecule has 4 heteroatoms. The number of esters is 1. The topological polar surface area (TPSA) is 51.2 Å². The quantitative estimate of drug-likeness (QED) is 0.777. The summed E-state index contributed by atoms with van der Waals surface area (Å²) in [5, 5.41) is 3.23. The van der Waals surface area contributed by atoms with Crippen LogP contribution >= 0.6 is 0 Å². The van der Waals surface area contributed by atoms with Crippen molar-refractivity contribution in [3.05, 3.63) is 23.9 Å². The molecule has 1 unspecified atom stereocenters. The SMILES string of the molecule is CCOC(=O)c1ccc(NC(C)CC)nc1. The molecule has 1 N–H and O–H groups in total. The molecule has 0 radical (unpaired) electrons. The van der Waals surface area contributed by atoms with Crippen molar-refractivity contribution in [3.63, 3.8) is 0 Å².